The zero-order valence-electron chi connectivity index (χ0n) is 13.7. The molecule has 1 heterocycles. The van der Waals surface area contributed by atoms with Gasteiger partial charge in [-0.3, -0.25) is 4.68 Å². The second-order valence-corrected chi connectivity index (χ2v) is 5.53. The summed E-state index contributed by atoms with van der Waals surface area (Å²) in [6.45, 7) is 3.99. The third-order valence-corrected chi connectivity index (χ3v) is 3.75. The zero-order valence-corrected chi connectivity index (χ0v) is 14.5. The third kappa shape index (κ3) is 4.37. The van der Waals surface area contributed by atoms with E-state index in [0.717, 1.165) is 23.4 Å². The minimum Gasteiger partial charge on any atom is -0.489 e. The zero-order chi connectivity index (χ0) is 16.1. The first-order valence-electron chi connectivity index (χ1n) is 7.76. The van der Waals surface area contributed by atoms with Gasteiger partial charge in [-0.1, -0.05) is 36.4 Å². The van der Waals surface area contributed by atoms with Crippen LogP contribution in [0.15, 0.2) is 60.9 Å². The SMILES string of the molecule is Cc1cc(OCc2ccccc2)ccc1-c1cnn(CCN)c1.Cl. The lowest BCUT2D eigenvalue weighted by Crippen LogP contribution is -2.09. The Labute approximate surface area is 148 Å². The molecule has 0 bridgehead atoms. The van der Waals surface area contributed by atoms with Crippen LogP contribution in [0, 0.1) is 6.92 Å². The van der Waals surface area contributed by atoms with Gasteiger partial charge in [0.2, 0.25) is 0 Å². The maximum Gasteiger partial charge on any atom is 0.120 e. The molecule has 0 radical (unpaired) electrons. The maximum absolute atomic E-state index is 5.87. The van der Waals surface area contributed by atoms with E-state index in [1.165, 1.54) is 11.1 Å². The molecule has 0 aliphatic rings. The molecule has 0 unspecified atom stereocenters. The number of rotatable bonds is 6. The summed E-state index contributed by atoms with van der Waals surface area (Å²) >= 11 is 0. The molecule has 0 aliphatic heterocycles. The predicted octanol–water partition coefficient (Wildman–Crippen LogP) is 3.82. The molecule has 5 heteroatoms. The van der Waals surface area contributed by atoms with Gasteiger partial charge in [0.25, 0.3) is 0 Å². The molecule has 4 nitrogen and oxygen atoms in total. The summed E-state index contributed by atoms with van der Waals surface area (Å²) in [4.78, 5) is 0. The molecular weight excluding hydrogens is 322 g/mol. The van der Waals surface area contributed by atoms with Crippen molar-refractivity contribution in [2.45, 2.75) is 20.1 Å². The van der Waals surface area contributed by atoms with Crippen molar-refractivity contribution in [3.8, 4) is 16.9 Å². The van der Waals surface area contributed by atoms with Crippen molar-refractivity contribution in [1.29, 1.82) is 0 Å². The molecule has 0 atom stereocenters. The highest BCUT2D eigenvalue weighted by Crippen LogP contribution is 2.27. The van der Waals surface area contributed by atoms with Gasteiger partial charge in [0.15, 0.2) is 0 Å². The number of halogens is 1. The number of nitrogens with two attached hydrogens (primary N) is 1. The first-order chi connectivity index (χ1) is 11.3. The summed E-state index contributed by atoms with van der Waals surface area (Å²) in [7, 11) is 0. The first kappa shape index (κ1) is 18.0. The third-order valence-electron chi connectivity index (χ3n) is 3.75. The van der Waals surface area contributed by atoms with Crippen LogP contribution in [-0.4, -0.2) is 16.3 Å². The van der Waals surface area contributed by atoms with Gasteiger partial charge in [0.1, 0.15) is 12.4 Å². The van der Waals surface area contributed by atoms with E-state index in [9.17, 15) is 0 Å². The summed E-state index contributed by atoms with van der Waals surface area (Å²) in [5.41, 5.74) is 10.2. The van der Waals surface area contributed by atoms with Crippen molar-refractivity contribution in [3.63, 3.8) is 0 Å². The van der Waals surface area contributed by atoms with E-state index in [0.29, 0.717) is 13.2 Å². The Morgan fingerprint density at radius 1 is 1.12 bits per heavy atom. The van der Waals surface area contributed by atoms with Crippen LogP contribution in [0.1, 0.15) is 11.1 Å². The van der Waals surface area contributed by atoms with E-state index < -0.39 is 0 Å². The fourth-order valence-corrected chi connectivity index (χ4v) is 2.55. The molecule has 24 heavy (non-hydrogen) atoms. The Morgan fingerprint density at radius 3 is 2.62 bits per heavy atom. The Kier molecular flexibility index (Phi) is 6.41. The van der Waals surface area contributed by atoms with Crippen LogP contribution in [0.2, 0.25) is 0 Å². The van der Waals surface area contributed by atoms with Crippen molar-refractivity contribution >= 4 is 12.4 Å². The summed E-state index contributed by atoms with van der Waals surface area (Å²) in [6.07, 6.45) is 3.90. The van der Waals surface area contributed by atoms with Crippen LogP contribution in [0.3, 0.4) is 0 Å². The minimum absolute atomic E-state index is 0. The largest absolute Gasteiger partial charge is 0.489 e. The predicted molar refractivity (Wildman–Crippen MR) is 99.5 cm³/mol. The van der Waals surface area contributed by atoms with Crippen LogP contribution in [0.4, 0.5) is 0 Å². The lowest BCUT2D eigenvalue weighted by atomic mass is 10.0. The lowest BCUT2D eigenvalue weighted by molar-refractivity contribution is 0.306. The number of ether oxygens (including phenoxy) is 1. The molecule has 0 spiro atoms. The van der Waals surface area contributed by atoms with Crippen LogP contribution in [-0.2, 0) is 13.2 Å². The minimum atomic E-state index is 0. The van der Waals surface area contributed by atoms with Gasteiger partial charge in [-0.25, -0.2) is 0 Å². The smallest absolute Gasteiger partial charge is 0.120 e. The van der Waals surface area contributed by atoms with Gasteiger partial charge in [0.05, 0.1) is 12.7 Å². The van der Waals surface area contributed by atoms with Gasteiger partial charge >= 0.3 is 0 Å². The van der Waals surface area contributed by atoms with E-state index in [1.807, 2.05) is 41.3 Å². The number of nitrogens with zero attached hydrogens (tertiary/aromatic N) is 2. The number of aromatic nitrogens is 2. The monoisotopic (exact) mass is 343 g/mol. The highest BCUT2D eigenvalue weighted by atomic mass is 35.5. The molecule has 0 saturated heterocycles. The van der Waals surface area contributed by atoms with Crippen molar-refractivity contribution < 1.29 is 4.74 Å². The van der Waals surface area contributed by atoms with E-state index in [-0.39, 0.29) is 12.4 Å². The van der Waals surface area contributed by atoms with E-state index in [4.69, 9.17) is 10.5 Å². The molecule has 2 N–H and O–H groups in total. The van der Waals surface area contributed by atoms with Crippen LogP contribution in [0.25, 0.3) is 11.1 Å². The average molecular weight is 344 g/mol. The summed E-state index contributed by atoms with van der Waals surface area (Å²) in [6, 6.07) is 16.3. The van der Waals surface area contributed by atoms with E-state index >= 15 is 0 Å². The maximum atomic E-state index is 5.87. The quantitative estimate of drug-likeness (QED) is 0.740. The van der Waals surface area contributed by atoms with Crippen LogP contribution < -0.4 is 10.5 Å². The molecule has 126 valence electrons. The Hall–Kier alpha value is -2.30. The Morgan fingerprint density at radius 2 is 1.92 bits per heavy atom. The van der Waals surface area contributed by atoms with E-state index in [2.05, 4.69) is 36.3 Å². The topological polar surface area (TPSA) is 53.1 Å². The van der Waals surface area contributed by atoms with Gasteiger partial charge in [-0.15, -0.1) is 12.4 Å². The lowest BCUT2D eigenvalue weighted by Gasteiger charge is -2.09. The number of benzene rings is 2. The molecule has 3 aromatic rings. The molecular formula is C19H22ClN3O. The number of hydrogen-bond donors (Lipinski definition) is 1. The van der Waals surface area contributed by atoms with Gasteiger partial charge < -0.3 is 10.5 Å². The second-order valence-electron chi connectivity index (χ2n) is 5.53. The second kappa shape index (κ2) is 8.52. The molecule has 0 fully saturated rings. The van der Waals surface area contributed by atoms with Crippen molar-refractivity contribution in [3.05, 3.63) is 72.1 Å². The van der Waals surface area contributed by atoms with Crippen LogP contribution in [0.5, 0.6) is 5.75 Å². The molecule has 0 aliphatic carbocycles. The first-order valence-corrected chi connectivity index (χ1v) is 7.76. The fraction of sp³-hybridized carbons (Fsp3) is 0.211. The summed E-state index contributed by atoms with van der Waals surface area (Å²) in [5.74, 6) is 0.879. The molecule has 3 rings (SSSR count). The van der Waals surface area contributed by atoms with Crippen LogP contribution >= 0.6 is 12.4 Å². The summed E-state index contributed by atoms with van der Waals surface area (Å²) < 4.78 is 7.74. The van der Waals surface area contributed by atoms with Crippen molar-refractivity contribution in [2.24, 2.45) is 5.73 Å². The highest BCUT2D eigenvalue weighted by molar-refractivity contribution is 5.85. The molecule has 1 aromatic heterocycles. The number of hydrogen-bond acceptors (Lipinski definition) is 3. The summed E-state index contributed by atoms with van der Waals surface area (Å²) in [5, 5.41) is 4.33. The Balaban J connectivity index is 0.00000208. The van der Waals surface area contributed by atoms with Gasteiger partial charge in [0, 0.05) is 18.3 Å². The molecule has 0 amide bonds. The Bertz CT molecular complexity index is 771. The standard InChI is InChI=1S/C19H21N3O.ClH/c1-15-11-18(23-14-16-5-3-2-4-6-16)7-8-19(15)17-12-21-22(13-17)10-9-20;/h2-8,11-13H,9-10,14,20H2,1H3;1H. The highest BCUT2D eigenvalue weighted by Gasteiger charge is 2.06. The average Bonchev–Trinajstić information content (AvgIpc) is 3.03. The van der Waals surface area contributed by atoms with Crippen molar-refractivity contribution in [2.75, 3.05) is 6.54 Å². The fourth-order valence-electron chi connectivity index (χ4n) is 2.55. The molecule has 0 saturated carbocycles. The van der Waals surface area contributed by atoms with Gasteiger partial charge in [-0.05, 0) is 35.7 Å². The molecule has 2 aromatic carbocycles. The number of aryl methyl sites for hydroxylation is 1. The van der Waals surface area contributed by atoms with E-state index in [1.54, 1.807) is 0 Å². The van der Waals surface area contributed by atoms with Gasteiger partial charge in [-0.2, -0.15) is 5.10 Å². The normalized spacial score (nSPS) is 10.2. The van der Waals surface area contributed by atoms with Crippen molar-refractivity contribution in [1.82, 2.24) is 9.78 Å².